The molecule has 0 atom stereocenters. The maximum atomic E-state index is 11.7. The summed E-state index contributed by atoms with van der Waals surface area (Å²) in [5.41, 5.74) is 10.7. The molecule has 1 aromatic heterocycles. The Morgan fingerprint density at radius 1 is 1.33 bits per heavy atom. The Bertz CT molecular complexity index is 487. The molecule has 0 spiro atoms. The van der Waals surface area contributed by atoms with Gasteiger partial charge in [-0.05, 0) is 6.07 Å². The van der Waals surface area contributed by atoms with Crippen molar-refractivity contribution in [3.8, 4) is 11.8 Å². The van der Waals surface area contributed by atoms with Gasteiger partial charge in [0.15, 0.2) is 0 Å². The molecule has 7 heteroatoms. The summed E-state index contributed by atoms with van der Waals surface area (Å²) in [5, 5.41) is 6.74. The van der Waals surface area contributed by atoms with E-state index < -0.39 is 6.03 Å². The van der Waals surface area contributed by atoms with Crippen LogP contribution in [0.2, 0.25) is 0 Å². The molecule has 0 unspecified atom stereocenters. The molecule has 18 heavy (non-hydrogen) atoms. The largest absolute Gasteiger partial charge is 0.352 e. The normalized spacial score (nSPS) is 9.17. The lowest BCUT2D eigenvalue weighted by atomic mass is 10.3. The number of primary amides is 1. The van der Waals surface area contributed by atoms with E-state index >= 15 is 0 Å². The number of thiophene rings is 1. The van der Waals surface area contributed by atoms with Gasteiger partial charge in [-0.1, -0.05) is 11.8 Å². The van der Waals surface area contributed by atoms with Crippen LogP contribution >= 0.6 is 11.3 Å². The van der Waals surface area contributed by atoms with Crippen LogP contribution in [0.25, 0.3) is 0 Å². The lowest BCUT2D eigenvalue weighted by Crippen LogP contribution is -2.37. The van der Waals surface area contributed by atoms with Crippen LogP contribution in [-0.2, 0) is 0 Å². The molecule has 0 fully saturated rings. The number of rotatable bonds is 4. The Labute approximate surface area is 109 Å². The first-order chi connectivity index (χ1) is 8.63. The molecule has 0 saturated heterocycles. The molecule has 96 valence electrons. The van der Waals surface area contributed by atoms with Gasteiger partial charge in [-0.15, -0.1) is 11.3 Å². The second-order valence-corrected chi connectivity index (χ2v) is 4.16. The van der Waals surface area contributed by atoms with E-state index in [1.54, 1.807) is 11.4 Å². The number of hydrogen-bond acceptors (Lipinski definition) is 4. The van der Waals surface area contributed by atoms with Crippen molar-refractivity contribution in [2.75, 3.05) is 19.6 Å². The summed E-state index contributed by atoms with van der Waals surface area (Å²) in [6.45, 7) is 0.907. The average Bonchev–Trinajstić information content (AvgIpc) is 2.80. The van der Waals surface area contributed by atoms with E-state index in [4.69, 9.17) is 11.5 Å². The van der Waals surface area contributed by atoms with Gasteiger partial charge in [-0.3, -0.25) is 4.79 Å². The fourth-order valence-corrected chi connectivity index (χ4v) is 1.88. The Balaban J connectivity index is 2.42. The van der Waals surface area contributed by atoms with Gasteiger partial charge < -0.3 is 22.1 Å². The Morgan fingerprint density at radius 2 is 2.06 bits per heavy atom. The van der Waals surface area contributed by atoms with Crippen molar-refractivity contribution < 1.29 is 9.59 Å². The predicted molar refractivity (Wildman–Crippen MR) is 70.2 cm³/mol. The van der Waals surface area contributed by atoms with Gasteiger partial charge in [0.05, 0.1) is 17.0 Å². The topological polar surface area (TPSA) is 110 Å². The fourth-order valence-electron chi connectivity index (χ4n) is 1.12. The van der Waals surface area contributed by atoms with Crippen LogP contribution < -0.4 is 22.1 Å². The number of nitrogens with two attached hydrogens (primary N) is 2. The summed E-state index contributed by atoms with van der Waals surface area (Å²) >= 11 is 1.38. The summed E-state index contributed by atoms with van der Waals surface area (Å²) < 4.78 is 0. The maximum Gasteiger partial charge on any atom is 0.312 e. The molecule has 3 amide bonds. The predicted octanol–water partition coefficient (Wildman–Crippen LogP) is -0.544. The molecule has 0 aliphatic carbocycles. The summed E-state index contributed by atoms with van der Waals surface area (Å²) in [6.07, 6.45) is 0. The fraction of sp³-hybridized carbons (Fsp3) is 0.273. The molecule has 0 radical (unpaired) electrons. The minimum atomic E-state index is -0.612. The van der Waals surface area contributed by atoms with Crippen molar-refractivity contribution in [2.45, 2.75) is 0 Å². The molecule has 1 aromatic rings. The summed E-state index contributed by atoms with van der Waals surface area (Å²) in [5.74, 6) is 5.36. The summed E-state index contributed by atoms with van der Waals surface area (Å²) in [6, 6.07) is 1.09. The van der Waals surface area contributed by atoms with Gasteiger partial charge in [0.25, 0.3) is 5.91 Å². The number of urea groups is 1. The lowest BCUT2D eigenvalue weighted by molar-refractivity contribution is 0.0954. The minimum absolute atomic E-state index is 0.210. The number of hydrogen-bond donors (Lipinski definition) is 4. The molecule has 1 rings (SSSR count). The van der Waals surface area contributed by atoms with Gasteiger partial charge in [0, 0.05) is 18.5 Å². The van der Waals surface area contributed by atoms with Gasteiger partial charge in [-0.2, -0.15) is 0 Å². The van der Waals surface area contributed by atoms with E-state index in [0.29, 0.717) is 18.7 Å². The highest BCUT2D eigenvalue weighted by atomic mass is 32.1. The van der Waals surface area contributed by atoms with Crippen molar-refractivity contribution >= 4 is 23.3 Å². The lowest BCUT2D eigenvalue weighted by Gasteiger charge is -2.03. The maximum absolute atomic E-state index is 11.7. The van der Waals surface area contributed by atoms with Crippen molar-refractivity contribution in [3.05, 3.63) is 21.9 Å². The average molecular weight is 266 g/mol. The van der Waals surface area contributed by atoms with E-state index in [9.17, 15) is 9.59 Å². The van der Waals surface area contributed by atoms with E-state index in [0.717, 1.165) is 4.88 Å². The van der Waals surface area contributed by atoms with Crippen molar-refractivity contribution in [1.29, 1.82) is 0 Å². The molecule has 6 nitrogen and oxygen atoms in total. The zero-order valence-electron chi connectivity index (χ0n) is 9.66. The highest BCUT2D eigenvalue weighted by Gasteiger charge is 2.07. The van der Waals surface area contributed by atoms with Crippen LogP contribution in [-0.4, -0.2) is 31.6 Å². The monoisotopic (exact) mass is 266 g/mol. The van der Waals surface area contributed by atoms with Crippen LogP contribution in [0.1, 0.15) is 15.2 Å². The number of amides is 3. The molecule has 0 aliphatic heterocycles. The minimum Gasteiger partial charge on any atom is -0.352 e. The van der Waals surface area contributed by atoms with E-state index in [1.807, 2.05) is 0 Å². The molecule has 0 aromatic carbocycles. The van der Waals surface area contributed by atoms with Crippen LogP contribution in [0.5, 0.6) is 0 Å². The molecule has 6 N–H and O–H groups in total. The molecule has 0 saturated carbocycles. The Morgan fingerprint density at radius 3 is 2.72 bits per heavy atom. The molecular formula is C11H14N4O2S. The zero-order valence-corrected chi connectivity index (χ0v) is 10.5. The number of carbonyl (C=O) groups is 2. The van der Waals surface area contributed by atoms with E-state index in [-0.39, 0.29) is 12.5 Å². The van der Waals surface area contributed by atoms with E-state index in [1.165, 1.54) is 11.3 Å². The van der Waals surface area contributed by atoms with Gasteiger partial charge in [-0.25, -0.2) is 4.79 Å². The van der Waals surface area contributed by atoms with Crippen LogP contribution in [0.3, 0.4) is 0 Å². The van der Waals surface area contributed by atoms with Crippen LogP contribution in [0, 0.1) is 11.8 Å². The Hall–Kier alpha value is -2.04. The van der Waals surface area contributed by atoms with Gasteiger partial charge >= 0.3 is 6.03 Å². The first kappa shape index (κ1) is 14.0. The van der Waals surface area contributed by atoms with Gasteiger partial charge in [0.1, 0.15) is 0 Å². The standard InChI is InChI=1S/C11H14N4O2S/c12-3-1-2-9-6-8(7-18-9)10(16)14-4-5-15-11(13)17/h6-7H,3-5,12H2,(H,14,16)(H3,13,15,17). The zero-order chi connectivity index (χ0) is 13.4. The number of carbonyl (C=O) groups excluding carboxylic acids is 2. The molecule has 1 heterocycles. The highest BCUT2D eigenvalue weighted by Crippen LogP contribution is 2.13. The quantitative estimate of drug-likeness (QED) is 0.434. The third-order valence-corrected chi connectivity index (χ3v) is 2.73. The second kappa shape index (κ2) is 7.32. The van der Waals surface area contributed by atoms with Crippen molar-refractivity contribution in [2.24, 2.45) is 11.5 Å². The van der Waals surface area contributed by atoms with Crippen molar-refractivity contribution in [3.63, 3.8) is 0 Å². The third-order valence-electron chi connectivity index (χ3n) is 1.89. The van der Waals surface area contributed by atoms with Crippen molar-refractivity contribution in [1.82, 2.24) is 10.6 Å². The second-order valence-electron chi connectivity index (χ2n) is 3.25. The van der Waals surface area contributed by atoms with Crippen LogP contribution in [0.15, 0.2) is 11.4 Å². The SMILES string of the molecule is NCC#Cc1cc(C(=O)NCCNC(N)=O)cs1. The smallest absolute Gasteiger partial charge is 0.312 e. The van der Waals surface area contributed by atoms with Crippen LogP contribution in [0.4, 0.5) is 4.79 Å². The first-order valence-electron chi connectivity index (χ1n) is 5.22. The Kier molecular flexibility index (Phi) is 5.70. The summed E-state index contributed by atoms with van der Waals surface area (Å²) in [4.78, 5) is 22.8. The van der Waals surface area contributed by atoms with Gasteiger partial charge in [0.2, 0.25) is 0 Å². The molecule has 0 aliphatic rings. The highest BCUT2D eigenvalue weighted by molar-refractivity contribution is 7.10. The molecule has 0 bridgehead atoms. The number of nitrogens with one attached hydrogen (secondary N) is 2. The third kappa shape index (κ3) is 4.86. The summed E-state index contributed by atoms with van der Waals surface area (Å²) in [7, 11) is 0. The molecular weight excluding hydrogens is 252 g/mol. The van der Waals surface area contributed by atoms with E-state index in [2.05, 4.69) is 22.5 Å². The first-order valence-corrected chi connectivity index (χ1v) is 6.10.